The molecule has 19 nitrogen and oxygen atoms in total. The standard InChI is InChI=1S/C60H52F3N15O4S3/c1-2-31-76-56(45-17-14-30-66-36-45)78(74-59(76)83-40-50(79)67-46-18-6-3-7-19-46)33-32-75-52(43-15-12-28-64-34-43)70-72-57(75)84-49(54(80)68-47-20-8-4-9-21-47)39-82-38-42-26-24-41(25-27-42)37-77-53(44-16-13-29-65-35-44)71-73-58(77)85-51(60(61,62)63)55(81)69-48-22-10-5-11-23-48/h2-30,34-36,49,51H,1,31-33,37-40H2,(H2-,67,68,69,79,80,81)/p+1. The lowest BCUT2D eigenvalue weighted by Crippen LogP contribution is -2.38. The van der Waals surface area contributed by atoms with Crippen molar-refractivity contribution >= 4 is 70.1 Å². The quantitative estimate of drug-likeness (QED) is 0.0261. The first kappa shape index (κ1) is 58.9. The number of hydrogen-bond acceptors (Lipinski definition) is 15. The fourth-order valence-electron chi connectivity index (χ4n) is 8.69. The van der Waals surface area contributed by atoms with E-state index in [-0.39, 0.29) is 78.8 Å². The SMILES string of the molecule is C=CC[n+]1c(SCC(=O)Nc2ccccc2)nn(CCn2c(SC(COCc3ccc(Cn4c(SC(C(=O)Nc5ccccc5)C(F)(F)F)nnc4-c4cccnc4)cc3)C(=O)Nc3ccccc3)nnc2-c2cccnc2)c1-c1cccnc1. The smallest absolute Gasteiger partial charge is 0.375 e. The van der Waals surface area contributed by atoms with Crippen LogP contribution in [0.5, 0.6) is 0 Å². The second kappa shape index (κ2) is 28.3. The van der Waals surface area contributed by atoms with Crippen molar-refractivity contribution < 1.29 is 36.9 Å². The normalized spacial score (nSPS) is 12.1. The molecule has 6 heterocycles. The van der Waals surface area contributed by atoms with E-state index >= 15 is 0 Å². The van der Waals surface area contributed by atoms with Gasteiger partial charge in [0.05, 0.1) is 49.3 Å². The van der Waals surface area contributed by atoms with Gasteiger partial charge in [-0.05, 0) is 95.7 Å². The van der Waals surface area contributed by atoms with Gasteiger partial charge in [0.1, 0.15) is 11.8 Å². The number of aryl methyl sites for hydroxylation is 1. The topological polar surface area (TPSA) is 218 Å². The van der Waals surface area contributed by atoms with Crippen LogP contribution in [-0.4, -0.2) is 101 Å². The molecule has 0 saturated carbocycles. The second-order valence-electron chi connectivity index (χ2n) is 18.7. The van der Waals surface area contributed by atoms with Crippen molar-refractivity contribution in [2.24, 2.45) is 0 Å². The summed E-state index contributed by atoms with van der Waals surface area (Å²) in [5, 5.41) is 28.6. The summed E-state index contributed by atoms with van der Waals surface area (Å²) in [6.45, 7) is 5.01. The number of carbonyl (C=O) groups is 3. The Hall–Kier alpha value is -9.30. The first-order chi connectivity index (χ1) is 41.5. The van der Waals surface area contributed by atoms with Crippen molar-refractivity contribution in [3.8, 4) is 34.2 Å². The molecule has 3 N–H and O–H groups in total. The Kier molecular flexibility index (Phi) is 19.6. The molecule has 430 valence electrons. The van der Waals surface area contributed by atoms with Gasteiger partial charge in [-0.1, -0.05) is 115 Å². The number of hydrogen-bond donors (Lipinski definition) is 3. The highest BCUT2D eigenvalue weighted by atomic mass is 32.2. The van der Waals surface area contributed by atoms with Gasteiger partial charge in [-0.15, -0.1) is 25.1 Å². The Bertz CT molecular complexity index is 3830. The minimum atomic E-state index is -4.94. The van der Waals surface area contributed by atoms with E-state index in [2.05, 4.69) is 57.9 Å². The number of rotatable bonds is 26. The van der Waals surface area contributed by atoms with E-state index in [0.717, 1.165) is 17.0 Å². The molecule has 0 radical (unpaired) electrons. The van der Waals surface area contributed by atoms with E-state index in [4.69, 9.17) is 9.84 Å². The Labute approximate surface area is 498 Å². The van der Waals surface area contributed by atoms with Gasteiger partial charge < -0.3 is 20.7 Å². The van der Waals surface area contributed by atoms with Crippen molar-refractivity contribution in [1.82, 2.24) is 54.3 Å². The Balaban J connectivity index is 0.885. The highest BCUT2D eigenvalue weighted by molar-refractivity contribution is 8.00. The van der Waals surface area contributed by atoms with E-state index in [0.29, 0.717) is 50.7 Å². The molecule has 10 aromatic rings. The van der Waals surface area contributed by atoms with Gasteiger partial charge in [0.25, 0.3) is 5.82 Å². The third-order valence-electron chi connectivity index (χ3n) is 12.7. The van der Waals surface area contributed by atoms with Crippen molar-refractivity contribution in [2.45, 2.75) is 64.9 Å². The van der Waals surface area contributed by atoms with Crippen LogP contribution in [0, 0.1) is 0 Å². The molecule has 3 amide bonds. The summed E-state index contributed by atoms with van der Waals surface area (Å²) in [5.41, 5.74) is 4.89. The Morgan fingerprint density at radius 2 is 1.14 bits per heavy atom. The number of thioether (sulfide) groups is 3. The summed E-state index contributed by atoms with van der Waals surface area (Å²) < 4.78 is 57.5. The van der Waals surface area contributed by atoms with Crippen LogP contribution in [-0.2, 0) is 51.9 Å². The first-order valence-corrected chi connectivity index (χ1v) is 29.2. The molecular weight excluding hydrogens is 1150 g/mol. The van der Waals surface area contributed by atoms with Gasteiger partial charge in [0.2, 0.25) is 17.7 Å². The molecule has 4 aromatic carbocycles. The Morgan fingerprint density at radius 3 is 1.69 bits per heavy atom. The van der Waals surface area contributed by atoms with E-state index in [9.17, 15) is 27.6 Å². The molecule has 10 rings (SSSR count). The zero-order valence-corrected chi connectivity index (χ0v) is 47.6. The van der Waals surface area contributed by atoms with Crippen LogP contribution in [0.2, 0.25) is 0 Å². The molecule has 0 fully saturated rings. The van der Waals surface area contributed by atoms with Gasteiger partial charge >= 0.3 is 11.3 Å². The first-order valence-electron chi connectivity index (χ1n) is 26.4. The zero-order chi connectivity index (χ0) is 59.0. The third-order valence-corrected chi connectivity index (χ3v) is 16.0. The number of carbonyl (C=O) groups excluding carboxylic acids is 3. The van der Waals surface area contributed by atoms with Crippen LogP contribution in [0.4, 0.5) is 30.2 Å². The summed E-state index contributed by atoms with van der Waals surface area (Å²) in [7, 11) is 0. The molecule has 85 heavy (non-hydrogen) atoms. The molecule has 0 spiro atoms. The number of allylic oxidation sites excluding steroid dienone is 1. The molecule has 6 aromatic heterocycles. The van der Waals surface area contributed by atoms with Crippen molar-refractivity contribution in [3.63, 3.8) is 0 Å². The van der Waals surface area contributed by atoms with Crippen LogP contribution in [0.1, 0.15) is 11.1 Å². The fraction of sp³-hybridized carbons (Fsp3) is 0.167. The minimum absolute atomic E-state index is 0.0414. The third kappa shape index (κ3) is 15.5. The summed E-state index contributed by atoms with van der Waals surface area (Å²) in [6, 6.07) is 44.3. The molecule has 2 unspecified atom stereocenters. The van der Waals surface area contributed by atoms with Gasteiger partial charge in [0.15, 0.2) is 27.2 Å². The average molecular weight is 1200 g/mol. The maximum absolute atomic E-state index is 14.6. The number of amides is 3. The van der Waals surface area contributed by atoms with Crippen molar-refractivity contribution in [2.75, 3.05) is 28.3 Å². The van der Waals surface area contributed by atoms with E-state index in [1.54, 1.807) is 85.6 Å². The number of anilines is 3. The predicted molar refractivity (Wildman–Crippen MR) is 319 cm³/mol. The highest BCUT2D eigenvalue weighted by Gasteiger charge is 2.47. The summed E-state index contributed by atoms with van der Waals surface area (Å²) >= 11 is 2.72. The van der Waals surface area contributed by atoms with Crippen LogP contribution >= 0.6 is 35.3 Å². The van der Waals surface area contributed by atoms with E-state index in [1.165, 1.54) is 46.4 Å². The number of alkyl halides is 3. The van der Waals surface area contributed by atoms with Gasteiger partial charge in [0, 0.05) is 65.4 Å². The van der Waals surface area contributed by atoms with Crippen LogP contribution in [0.25, 0.3) is 34.2 Å². The molecule has 0 aliphatic heterocycles. The van der Waals surface area contributed by atoms with Crippen LogP contribution in [0.3, 0.4) is 0 Å². The lowest BCUT2D eigenvalue weighted by Gasteiger charge is -2.19. The molecule has 25 heteroatoms. The Morgan fingerprint density at radius 1 is 0.612 bits per heavy atom. The van der Waals surface area contributed by atoms with Crippen LogP contribution < -0.4 is 20.5 Å². The van der Waals surface area contributed by atoms with Crippen LogP contribution in [0.15, 0.2) is 217 Å². The van der Waals surface area contributed by atoms with Gasteiger partial charge in [-0.2, -0.15) is 13.2 Å². The number of nitrogens with one attached hydrogen (secondary N) is 3. The van der Waals surface area contributed by atoms with E-state index in [1.807, 2.05) is 105 Å². The lowest BCUT2D eigenvalue weighted by atomic mass is 10.1. The highest BCUT2D eigenvalue weighted by Crippen LogP contribution is 2.37. The fourth-order valence-corrected chi connectivity index (χ4v) is 11.4. The molecule has 0 aliphatic rings. The predicted octanol–water partition coefficient (Wildman–Crippen LogP) is 10.2. The molecule has 2 atom stereocenters. The van der Waals surface area contributed by atoms with Crippen molar-refractivity contribution in [3.05, 3.63) is 213 Å². The zero-order valence-electron chi connectivity index (χ0n) is 45.1. The number of para-hydroxylation sites is 3. The monoisotopic (exact) mass is 1200 g/mol. The molecule has 0 bridgehead atoms. The molecular formula is C60H53F3N15O4S3+. The summed E-state index contributed by atoms with van der Waals surface area (Å²) in [4.78, 5) is 53.7. The number of ether oxygens (including phenoxy) is 1. The molecule has 0 aliphatic carbocycles. The summed E-state index contributed by atoms with van der Waals surface area (Å²) in [6.07, 6.45) is 6.72. The number of halogens is 3. The number of pyridine rings is 3. The lowest BCUT2D eigenvalue weighted by molar-refractivity contribution is -0.713. The van der Waals surface area contributed by atoms with Gasteiger partial charge in [-0.3, -0.25) is 38.5 Å². The maximum atomic E-state index is 14.6. The van der Waals surface area contributed by atoms with E-state index < -0.39 is 22.6 Å². The number of aromatic nitrogens is 12. The molecule has 0 saturated heterocycles. The van der Waals surface area contributed by atoms with Gasteiger partial charge in [-0.25, -0.2) is 4.57 Å². The number of nitrogens with zero attached hydrogens (tertiary/aromatic N) is 12. The minimum Gasteiger partial charge on any atom is -0.375 e. The number of benzene rings is 4. The maximum Gasteiger partial charge on any atom is 0.409 e. The van der Waals surface area contributed by atoms with Crippen molar-refractivity contribution in [1.29, 1.82) is 0 Å². The average Bonchev–Trinajstić information content (AvgIpc) is 3.29. The second-order valence-corrected chi connectivity index (χ2v) is 21.9. The summed E-state index contributed by atoms with van der Waals surface area (Å²) in [5.74, 6) is -0.239. The largest absolute Gasteiger partial charge is 0.409 e.